The number of allylic oxidation sites excluding steroid dienone is 10. The largest absolute Gasteiger partial charge is 0.0767 e. The molecule has 0 heteroatoms. The van der Waals surface area contributed by atoms with Crippen LogP contribution in [0.1, 0.15) is 26.7 Å². The Morgan fingerprint density at radius 3 is 2.81 bits per heavy atom. The molecule has 16 heavy (non-hydrogen) atoms. The average molecular weight is 210 g/mol. The van der Waals surface area contributed by atoms with Crippen LogP contribution in [0, 0.1) is 11.8 Å². The summed E-state index contributed by atoms with van der Waals surface area (Å²) >= 11 is 0. The lowest BCUT2D eigenvalue weighted by Crippen LogP contribution is -2.19. The van der Waals surface area contributed by atoms with Crippen molar-refractivity contribution >= 4 is 0 Å². The van der Waals surface area contributed by atoms with E-state index < -0.39 is 0 Å². The van der Waals surface area contributed by atoms with Gasteiger partial charge in [-0.2, -0.15) is 0 Å². The molecular weight excluding hydrogens is 192 g/mol. The second-order valence-electron chi connectivity index (χ2n) is 5.31. The van der Waals surface area contributed by atoms with Crippen molar-refractivity contribution < 1.29 is 0 Å². The summed E-state index contributed by atoms with van der Waals surface area (Å²) in [6.45, 7) is 4.42. The molecule has 0 radical (unpaired) electrons. The highest BCUT2D eigenvalue weighted by atomic mass is 14.3. The third-order valence-electron chi connectivity index (χ3n) is 3.89. The van der Waals surface area contributed by atoms with Gasteiger partial charge in [-0.25, -0.2) is 0 Å². The minimum absolute atomic E-state index is 0.664. The molecule has 2 unspecified atom stereocenters. The molecule has 3 aliphatic carbocycles. The van der Waals surface area contributed by atoms with E-state index in [0.717, 1.165) is 5.92 Å². The molecule has 3 rings (SSSR count). The van der Waals surface area contributed by atoms with Crippen molar-refractivity contribution in [1.29, 1.82) is 0 Å². The molecule has 0 saturated heterocycles. The maximum atomic E-state index is 2.41. The number of rotatable bonds is 0. The maximum Gasteiger partial charge on any atom is 0.00273 e. The van der Waals surface area contributed by atoms with Gasteiger partial charge in [0.2, 0.25) is 0 Å². The van der Waals surface area contributed by atoms with Gasteiger partial charge >= 0.3 is 0 Å². The van der Waals surface area contributed by atoms with Crippen LogP contribution in [-0.4, -0.2) is 0 Å². The van der Waals surface area contributed by atoms with Crippen LogP contribution >= 0.6 is 0 Å². The lowest BCUT2D eigenvalue weighted by Gasteiger charge is -2.32. The minimum Gasteiger partial charge on any atom is -0.0767 e. The van der Waals surface area contributed by atoms with Crippen LogP contribution in [0.4, 0.5) is 0 Å². The van der Waals surface area contributed by atoms with E-state index in [1.54, 1.807) is 0 Å². The zero-order valence-corrected chi connectivity index (χ0v) is 10.0. The van der Waals surface area contributed by atoms with Crippen molar-refractivity contribution in [3.8, 4) is 0 Å². The van der Waals surface area contributed by atoms with E-state index in [1.807, 2.05) is 0 Å². The molecule has 0 spiro atoms. The lowest BCUT2D eigenvalue weighted by atomic mass is 9.72. The molecule has 0 aromatic carbocycles. The standard InChI is InChI=1S/C16H18/c1-11-3-5-13-10-16-8-12(2)4-6-14(16)9-15(13)7-11/h3-7,9,13,16H,8,10H2,1-2H3. The van der Waals surface area contributed by atoms with E-state index in [0.29, 0.717) is 5.92 Å². The van der Waals surface area contributed by atoms with Gasteiger partial charge in [0.25, 0.3) is 0 Å². The van der Waals surface area contributed by atoms with E-state index in [1.165, 1.54) is 35.1 Å². The van der Waals surface area contributed by atoms with Gasteiger partial charge in [0.05, 0.1) is 0 Å². The van der Waals surface area contributed by atoms with E-state index in [9.17, 15) is 0 Å². The number of hydrogen-bond acceptors (Lipinski definition) is 0. The molecule has 0 heterocycles. The van der Waals surface area contributed by atoms with E-state index in [2.05, 4.69) is 50.3 Å². The SMILES string of the molecule is CC1=CC2=CC3=CC=C(C)CC3CC2C=C1. The Kier molecular flexibility index (Phi) is 2.24. The molecule has 0 fully saturated rings. The first-order chi connectivity index (χ1) is 7.72. The average Bonchev–Trinajstić information content (AvgIpc) is 2.26. The Bertz CT molecular complexity index is 466. The Hall–Kier alpha value is -1.30. The molecule has 0 N–H and O–H groups in total. The molecule has 3 aliphatic rings. The Labute approximate surface area is 97.7 Å². The highest BCUT2D eigenvalue weighted by Gasteiger charge is 2.27. The van der Waals surface area contributed by atoms with E-state index >= 15 is 0 Å². The molecule has 0 aromatic heterocycles. The molecule has 0 bridgehead atoms. The minimum atomic E-state index is 0.664. The summed E-state index contributed by atoms with van der Waals surface area (Å²) in [5, 5.41) is 0. The Morgan fingerprint density at radius 2 is 1.94 bits per heavy atom. The Morgan fingerprint density at radius 1 is 1.06 bits per heavy atom. The quantitative estimate of drug-likeness (QED) is 0.558. The topological polar surface area (TPSA) is 0 Å². The molecule has 2 atom stereocenters. The summed E-state index contributed by atoms with van der Waals surface area (Å²) in [4.78, 5) is 0. The monoisotopic (exact) mass is 210 g/mol. The van der Waals surface area contributed by atoms with Gasteiger partial charge in [-0.05, 0) is 43.8 Å². The van der Waals surface area contributed by atoms with Crippen molar-refractivity contribution in [2.24, 2.45) is 11.8 Å². The smallest absolute Gasteiger partial charge is 0.00273 e. The normalized spacial score (nSPS) is 31.9. The van der Waals surface area contributed by atoms with Crippen molar-refractivity contribution in [3.63, 3.8) is 0 Å². The first kappa shape index (κ1) is 9.89. The molecular formula is C16H18. The maximum absolute atomic E-state index is 2.41. The third kappa shape index (κ3) is 1.63. The van der Waals surface area contributed by atoms with Crippen LogP contribution in [0.3, 0.4) is 0 Å². The van der Waals surface area contributed by atoms with Crippen LogP contribution in [0.2, 0.25) is 0 Å². The highest BCUT2D eigenvalue weighted by Crippen LogP contribution is 2.41. The van der Waals surface area contributed by atoms with Gasteiger partial charge in [0.1, 0.15) is 0 Å². The second-order valence-corrected chi connectivity index (χ2v) is 5.31. The highest BCUT2D eigenvalue weighted by molar-refractivity contribution is 5.47. The lowest BCUT2D eigenvalue weighted by molar-refractivity contribution is 0.485. The number of fused-ring (bicyclic) bond motifs is 2. The second kappa shape index (κ2) is 3.62. The van der Waals surface area contributed by atoms with Gasteiger partial charge in [-0.1, -0.05) is 47.6 Å². The first-order valence-electron chi connectivity index (χ1n) is 6.18. The van der Waals surface area contributed by atoms with Gasteiger partial charge in [-0.15, -0.1) is 0 Å². The number of hydrogen-bond donors (Lipinski definition) is 0. The van der Waals surface area contributed by atoms with Gasteiger partial charge in [0, 0.05) is 5.92 Å². The third-order valence-corrected chi connectivity index (χ3v) is 3.89. The predicted molar refractivity (Wildman–Crippen MR) is 69.0 cm³/mol. The van der Waals surface area contributed by atoms with Gasteiger partial charge in [0.15, 0.2) is 0 Å². The van der Waals surface area contributed by atoms with Crippen LogP contribution < -0.4 is 0 Å². The summed E-state index contributed by atoms with van der Waals surface area (Å²) in [7, 11) is 0. The fraction of sp³-hybridized carbons (Fsp3) is 0.375. The molecule has 0 aromatic rings. The zero-order chi connectivity index (χ0) is 11.1. The van der Waals surface area contributed by atoms with E-state index in [4.69, 9.17) is 0 Å². The Balaban J connectivity index is 1.99. The van der Waals surface area contributed by atoms with Crippen molar-refractivity contribution in [1.82, 2.24) is 0 Å². The molecule has 82 valence electrons. The molecule has 0 amide bonds. The van der Waals surface area contributed by atoms with Crippen molar-refractivity contribution in [2.75, 3.05) is 0 Å². The van der Waals surface area contributed by atoms with Gasteiger partial charge in [-0.3, -0.25) is 0 Å². The summed E-state index contributed by atoms with van der Waals surface area (Å²) in [5.74, 6) is 1.42. The molecule has 0 aliphatic heterocycles. The van der Waals surface area contributed by atoms with Crippen LogP contribution in [-0.2, 0) is 0 Å². The van der Waals surface area contributed by atoms with Crippen molar-refractivity contribution in [2.45, 2.75) is 26.7 Å². The zero-order valence-electron chi connectivity index (χ0n) is 10.0. The summed E-state index contributed by atoms with van der Waals surface area (Å²) in [5.41, 5.74) is 5.95. The fourth-order valence-corrected chi connectivity index (χ4v) is 2.99. The first-order valence-corrected chi connectivity index (χ1v) is 6.18. The van der Waals surface area contributed by atoms with Crippen molar-refractivity contribution in [3.05, 3.63) is 58.7 Å². The van der Waals surface area contributed by atoms with Gasteiger partial charge < -0.3 is 0 Å². The van der Waals surface area contributed by atoms with Crippen LogP contribution in [0.15, 0.2) is 58.7 Å². The molecule has 0 nitrogen and oxygen atoms in total. The predicted octanol–water partition coefficient (Wildman–Crippen LogP) is 4.34. The van der Waals surface area contributed by atoms with Crippen LogP contribution in [0.25, 0.3) is 0 Å². The summed E-state index contributed by atoms with van der Waals surface area (Å²) in [6.07, 6.45) is 16.5. The summed E-state index contributed by atoms with van der Waals surface area (Å²) in [6, 6.07) is 0. The fourth-order valence-electron chi connectivity index (χ4n) is 2.99. The van der Waals surface area contributed by atoms with E-state index in [-0.39, 0.29) is 0 Å². The molecule has 0 saturated carbocycles. The van der Waals surface area contributed by atoms with Crippen LogP contribution in [0.5, 0.6) is 0 Å². The summed E-state index contributed by atoms with van der Waals surface area (Å²) < 4.78 is 0.